The molecular formula is C38H43FO11. The van der Waals surface area contributed by atoms with Crippen LogP contribution in [-0.2, 0) is 38.1 Å². The highest BCUT2D eigenvalue weighted by molar-refractivity contribution is 5.91. The van der Waals surface area contributed by atoms with Crippen LogP contribution in [0.5, 0.6) is 11.5 Å². The molecule has 0 aliphatic heterocycles. The molecule has 3 rings (SSSR count). The van der Waals surface area contributed by atoms with Gasteiger partial charge in [-0.25, -0.2) is 18.8 Å². The Labute approximate surface area is 291 Å². The molecule has 0 spiro atoms. The lowest BCUT2D eigenvalue weighted by Crippen LogP contribution is -2.30. The van der Waals surface area contributed by atoms with Gasteiger partial charge in [0, 0.05) is 37.4 Å². The van der Waals surface area contributed by atoms with Crippen molar-refractivity contribution in [1.29, 1.82) is 0 Å². The second-order valence-electron chi connectivity index (χ2n) is 11.2. The third kappa shape index (κ3) is 14.6. The Hall–Kier alpha value is -4.99. The van der Waals surface area contributed by atoms with Gasteiger partial charge in [-0.15, -0.1) is 0 Å². The summed E-state index contributed by atoms with van der Waals surface area (Å²) in [5.74, 6) is 3.34. The molecule has 0 amide bonds. The minimum atomic E-state index is -0.817. The van der Waals surface area contributed by atoms with E-state index in [9.17, 15) is 23.6 Å². The first kappa shape index (κ1) is 39.4. The van der Waals surface area contributed by atoms with E-state index in [-0.39, 0.29) is 56.2 Å². The van der Waals surface area contributed by atoms with Gasteiger partial charge in [0.25, 0.3) is 0 Å². The first-order chi connectivity index (χ1) is 24.2. The molecule has 0 bridgehead atoms. The van der Waals surface area contributed by atoms with E-state index >= 15 is 0 Å². The minimum Gasteiger partial charge on any atom is -0.490 e. The van der Waals surface area contributed by atoms with E-state index in [1.165, 1.54) is 36.4 Å². The van der Waals surface area contributed by atoms with E-state index in [0.29, 0.717) is 30.8 Å². The van der Waals surface area contributed by atoms with Crippen LogP contribution in [0, 0.1) is 23.6 Å². The number of halogens is 1. The molecule has 1 atom stereocenters. The topological polar surface area (TPSA) is 133 Å². The number of unbranched alkanes of at least 4 members (excludes halogenated alkanes) is 1. The number of ether oxygens (including phenoxy) is 7. The van der Waals surface area contributed by atoms with Crippen molar-refractivity contribution in [1.82, 2.24) is 0 Å². The number of rotatable bonds is 19. The number of carbonyl (C=O) groups is 4. The Balaban J connectivity index is 1.50. The van der Waals surface area contributed by atoms with Crippen LogP contribution in [0.4, 0.5) is 4.39 Å². The van der Waals surface area contributed by atoms with Crippen molar-refractivity contribution in [2.24, 2.45) is 5.92 Å². The Morgan fingerprint density at radius 2 is 1.58 bits per heavy atom. The monoisotopic (exact) mass is 694 g/mol. The van der Waals surface area contributed by atoms with Gasteiger partial charge in [-0.2, -0.15) is 0 Å². The molecule has 1 aliphatic rings. The van der Waals surface area contributed by atoms with E-state index in [4.69, 9.17) is 33.2 Å². The average Bonchev–Trinajstić information content (AvgIpc) is 3.13. The molecule has 1 unspecified atom stereocenters. The van der Waals surface area contributed by atoms with Crippen molar-refractivity contribution >= 4 is 23.9 Å². The minimum absolute atomic E-state index is 0.000363. The maximum absolute atomic E-state index is 14.8. The standard InChI is InChI=1S/C38H43FO11/c1-4-35(40)46-22-7-6-21-45-25-32(49-37(42)20-23-47-36(41)5-2)26-48-31-17-13-29(14-18-31)38(43)50-34-19-12-28(24-33(34)39)9-8-27-10-15-30(44-3)16-11-27/h4-5,12-14,17-19,24,27,30,32H,1-2,6-7,10-11,15-16,20-23,25-26H2,3H3. The van der Waals surface area contributed by atoms with Gasteiger partial charge in [-0.3, -0.25) is 4.79 Å². The molecule has 50 heavy (non-hydrogen) atoms. The van der Waals surface area contributed by atoms with Gasteiger partial charge in [0.15, 0.2) is 17.7 Å². The number of carbonyl (C=O) groups excluding carboxylic acids is 4. The quantitative estimate of drug-likeness (QED) is 0.0459. The van der Waals surface area contributed by atoms with E-state index in [0.717, 1.165) is 37.8 Å². The van der Waals surface area contributed by atoms with Gasteiger partial charge < -0.3 is 33.2 Å². The molecule has 2 aromatic carbocycles. The summed E-state index contributed by atoms with van der Waals surface area (Å²) in [5.41, 5.74) is 0.654. The number of hydrogen-bond donors (Lipinski definition) is 0. The van der Waals surface area contributed by atoms with Crippen molar-refractivity contribution < 1.29 is 56.7 Å². The maximum atomic E-state index is 14.8. The van der Waals surface area contributed by atoms with Crippen LogP contribution in [0.25, 0.3) is 0 Å². The summed E-state index contributed by atoms with van der Waals surface area (Å²) < 4.78 is 52.0. The van der Waals surface area contributed by atoms with Crippen LogP contribution in [0.15, 0.2) is 67.8 Å². The molecule has 1 saturated carbocycles. The highest BCUT2D eigenvalue weighted by atomic mass is 19.1. The SMILES string of the molecule is C=CC(=O)OCCCCOCC(COc1ccc(C(=O)Oc2ccc(C#CC3CCC(OC)CC3)cc2F)cc1)OC(=O)CCOC(=O)C=C. The number of methoxy groups -OCH3 is 1. The fourth-order valence-corrected chi connectivity index (χ4v) is 4.73. The van der Waals surface area contributed by atoms with Crippen LogP contribution >= 0.6 is 0 Å². The van der Waals surface area contributed by atoms with Gasteiger partial charge in [0.2, 0.25) is 0 Å². The second-order valence-corrected chi connectivity index (χ2v) is 11.2. The zero-order valence-electron chi connectivity index (χ0n) is 28.2. The maximum Gasteiger partial charge on any atom is 0.343 e. The summed E-state index contributed by atoms with van der Waals surface area (Å²) in [6.07, 6.45) is 6.27. The van der Waals surface area contributed by atoms with Gasteiger partial charge in [0.05, 0.1) is 31.3 Å². The Morgan fingerprint density at radius 1 is 0.900 bits per heavy atom. The van der Waals surface area contributed by atoms with Crippen LogP contribution in [0.1, 0.15) is 60.9 Å². The summed E-state index contributed by atoms with van der Waals surface area (Å²) in [5, 5.41) is 0. The molecular weight excluding hydrogens is 651 g/mol. The van der Waals surface area contributed by atoms with Crippen LogP contribution < -0.4 is 9.47 Å². The smallest absolute Gasteiger partial charge is 0.343 e. The van der Waals surface area contributed by atoms with Crippen molar-refractivity contribution in [3.63, 3.8) is 0 Å². The zero-order chi connectivity index (χ0) is 36.1. The molecule has 2 aromatic rings. The summed E-state index contributed by atoms with van der Waals surface area (Å²) in [7, 11) is 1.72. The van der Waals surface area contributed by atoms with Crippen LogP contribution in [0.3, 0.4) is 0 Å². The lowest BCUT2D eigenvalue weighted by atomic mass is 9.87. The lowest BCUT2D eigenvalue weighted by molar-refractivity contribution is -0.156. The van der Waals surface area contributed by atoms with Crippen molar-refractivity contribution in [3.8, 4) is 23.3 Å². The van der Waals surface area contributed by atoms with E-state index in [2.05, 4.69) is 25.0 Å². The predicted octanol–water partition coefficient (Wildman–Crippen LogP) is 5.54. The number of esters is 4. The molecule has 0 heterocycles. The first-order valence-corrected chi connectivity index (χ1v) is 16.3. The van der Waals surface area contributed by atoms with Gasteiger partial charge in [-0.1, -0.05) is 25.0 Å². The van der Waals surface area contributed by atoms with Gasteiger partial charge in [-0.05, 0) is 81.0 Å². The summed E-state index contributed by atoms with van der Waals surface area (Å²) in [6.45, 7) is 6.88. The third-order valence-corrected chi connectivity index (χ3v) is 7.50. The number of benzene rings is 2. The summed E-state index contributed by atoms with van der Waals surface area (Å²) >= 11 is 0. The summed E-state index contributed by atoms with van der Waals surface area (Å²) in [4.78, 5) is 47.4. The van der Waals surface area contributed by atoms with Crippen LogP contribution in [-0.4, -0.2) is 76.2 Å². The normalized spacial score (nSPS) is 15.7. The molecule has 0 N–H and O–H groups in total. The molecule has 1 fully saturated rings. The molecule has 0 aromatic heterocycles. The van der Waals surface area contributed by atoms with Gasteiger partial charge in [0.1, 0.15) is 19.0 Å². The Bertz CT molecular complexity index is 1500. The fraction of sp³-hybridized carbons (Fsp3) is 0.421. The number of hydrogen-bond acceptors (Lipinski definition) is 11. The zero-order valence-corrected chi connectivity index (χ0v) is 28.2. The van der Waals surface area contributed by atoms with E-state index < -0.39 is 35.8 Å². The second kappa shape index (κ2) is 21.9. The fourth-order valence-electron chi connectivity index (χ4n) is 4.73. The van der Waals surface area contributed by atoms with E-state index in [1.807, 2.05) is 0 Å². The molecule has 11 nitrogen and oxygen atoms in total. The van der Waals surface area contributed by atoms with Gasteiger partial charge >= 0.3 is 23.9 Å². The largest absolute Gasteiger partial charge is 0.490 e. The first-order valence-electron chi connectivity index (χ1n) is 16.3. The van der Waals surface area contributed by atoms with Crippen LogP contribution in [0.2, 0.25) is 0 Å². The van der Waals surface area contributed by atoms with Crippen molar-refractivity contribution in [2.75, 3.05) is 40.1 Å². The molecule has 0 radical (unpaired) electrons. The lowest BCUT2D eigenvalue weighted by Gasteiger charge is -2.24. The molecule has 12 heteroatoms. The Kier molecular flexibility index (Phi) is 17.3. The van der Waals surface area contributed by atoms with Crippen molar-refractivity contribution in [3.05, 3.63) is 84.7 Å². The third-order valence-electron chi connectivity index (χ3n) is 7.50. The Morgan fingerprint density at radius 3 is 2.24 bits per heavy atom. The predicted molar refractivity (Wildman–Crippen MR) is 180 cm³/mol. The molecule has 0 saturated heterocycles. The highest BCUT2D eigenvalue weighted by Crippen LogP contribution is 2.26. The highest BCUT2D eigenvalue weighted by Gasteiger charge is 2.20. The molecule has 1 aliphatic carbocycles. The van der Waals surface area contributed by atoms with E-state index in [1.54, 1.807) is 13.2 Å². The molecule has 268 valence electrons. The average molecular weight is 695 g/mol. The van der Waals surface area contributed by atoms with Crippen molar-refractivity contribution in [2.45, 2.75) is 57.2 Å². The summed E-state index contributed by atoms with van der Waals surface area (Å²) in [6, 6.07) is 10.2.